The van der Waals surface area contributed by atoms with Gasteiger partial charge in [-0.3, -0.25) is 15.6 Å². The van der Waals surface area contributed by atoms with Crippen LogP contribution in [0.15, 0.2) is 29.2 Å². The topological polar surface area (TPSA) is 87.3 Å². The molecule has 1 aliphatic heterocycles. The van der Waals surface area contributed by atoms with E-state index in [1.165, 1.54) is 0 Å². The third-order valence-corrected chi connectivity index (χ3v) is 6.65. The van der Waals surface area contributed by atoms with Crippen molar-refractivity contribution in [2.24, 2.45) is 5.92 Å². The SMILES string of the molecule is O=C(NNC(=S)NCCSc1ccc(Cl)cc1)[C@H]1CCS(=O)(=O)C1. The highest BCUT2D eigenvalue weighted by molar-refractivity contribution is 7.99. The molecule has 0 aromatic heterocycles. The molecule has 1 aromatic carbocycles. The van der Waals surface area contributed by atoms with Gasteiger partial charge in [0.1, 0.15) is 0 Å². The molecule has 1 aromatic rings. The first-order valence-electron chi connectivity index (χ1n) is 7.28. The molecule has 0 unspecified atom stereocenters. The highest BCUT2D eigenvalue weighted by atomic mass is 35.5. The van der Waals surface area contributed by atoms with E-state index in [4.69, 9.17) is 23.8 Å². The van der Waals surface area contributed by atoms with Crippen molar-refractivity contribution in [3.05, 3.63) is 29.3 Å². The minimum absolute atomic E-state index is 0.0652. The Kier molecular flexibility index (Phi) is 7.15. The van der Waals surface area contributed by atoms with Gasteiger partial charge in [-0.1, -0.05) is 11.6 Å². The summed E-state index contributed by atoms with van der Waals surface area (Å²) < 4.78 is 22.7. The highest BCUT2D eigenvalue weighted by Gasteiger charge is 2.32. The van der Waals surface area contributed by atoms with Crippen molar-refractivity contribution in [3.63, 3.8) is 0 Å². The van der Waals surface area contributed by atoms with Gasteiger partial charge in [0, 0.05) is 22.2 Å². The lowest BCUT2D eigenvalue weighted by Gasteiger charge is -2.13. The van der Waals surface area contributed by atoms with Gasteiger partial charge in [-0.25, -0.2) is 8.42 Å². The van der Waals surface area contributed by atoms with E-state index in [0.29, 0.717) is 23.1 Å². The number of carbonyl (C=O) groups is 1. The van der Waals surface area contributed by atoms with Crippen LogP contribution in [0.1, 0.15) is 6.42 Å². The van der Waals surface area contributed by atoms with Crippen LogP contribution in [0.25, 0.3) is 0 Å². The molecule has 0 aliphatic carbocycles. The fraction of sp³-hybridized carbons (Fsp3) is 0.429. The average Bonchev–Trinajstić information content (AvgIpc) is 2.91. The molecule has 2 rings (SSSR count). The third-order valence-electron chi connectivity index (χ3n) is 3.37. The lowest BCUT2D eigenvalue weighted by atomic mass is 10.1. The number of amides is 1. The molecule has 1 amide bonds. The number of sulfone groups is 1. The van der Waals surface area contributed by atoms with E-state index in [1.54, 1.807) is 11.8 Å². The fourth-order valence-corrected chi connectivity index (χ4v) is 4.92. The molecule has 132 valence electrons. The van der Waals surface area contributed by atoms with Crippen LogP contribution >= 0.6 is 35.6 Å². The number of rotatable bonds is 5. The maximum absolute atomic E-state index is 11.8. The van der Waals surface area contributed by atoms with Crippen LogP contribution in [0.5, 0.6) is 0 Å². The predicted octanol–water partition coefficient (Wildman–Crippen LogP) is 1.36. The second-order valence-corrected chi connectivity index (χ2v) is 9.51. The summed E-state index contributed by atoms with van der Waals surface area (Å²) in [5.74, 6) is -0.103. The largest absolute Gasteiger partial charge is 0.361 e. The lowest BCUT2D eigenvalue weighted by molar-refractivity contribution is -0.124. The van der Waals surface area contributed by atoms with Gasteiger partial charge in [-0.2, -0.15) is 0 Å². The summed E-state index contributed by atoms with van der Waals surface area (Å²) in [4.78, 5) is 12.9. The molecule has 24 heavy (non-hydrogen) atoms. The van der Waals surface area contributed by atoms with E-state index >= 15 is 0 Å². The molecule has 3 N–H and O–H groups in total. The molecule has 1 atom stereocenters. The number of thiocarbonyl (C=S) groups is 1. The van der Waals surface area contributed by atoms with E-state index in [1.807, 2.05) is 24.3 Å². The maximum Gasteiger partial charge on any atom is 0.242 e. The van der Waals surface area contributed by atoms with Crippen LogP contribution in [-0.4, -0.2) is 43.2 Å². The Morgan fingerprint density at radius 3 is 2.62 bits per heavy atom. The molecule has 10 heteroatoms. The van der Waals surface area contributed by atoms with Crippen LogP contribution in [0, 0.1) is 5.92 Å². The molecule has 6 nitrogen and oxygen atoms in total. The van der Waals surface area contributed by atoms with E-state index in [2.05, 4.69) is 16.2 Å². The summed E-state index contributed by atoms with van der Waals surface area (Å²) in [6.07, 6.45) is 0.355. The number of carbonyl (C=O) groups excluding carboxylic acids is 1. The highest BCUT2D eigenvalue weighted by Crippen LogP contribution is 2.19. The quantitative estimate of drug-likeness (QED) is 0.294. The Labute approximate surface area is 156 Å². The Bertz CT molecular complexity index is 695. The van der Waals surface area contributed by atoms with Crippen molar-refractivity contribution in [2.75, 3.05) is 23.8 Å². The molecule has 0 bridgehead atoms. The second kappa shape index (κ2) is 8.89. The molecule has 0 saturated carbocycles. The number of nitrogens with one attached hydrogen (secondary N) is 3. The van der Waals surface area contributed by atoms with Crippen molar-refractivity contribution in [1.29, 1.82) is 0 Å². The van der Waals surface area contributed by atoms with E-state index in [-0.39, 0.29) is 17.4 Å². The summed E-state index contributed by atoms with van der Waals surface area (Å²) in [5.41, 5.74) is 5.04. The van der Waals surface area contributed by atoms with Crippen LogP contribution in [0.3, 0.4) is 0 Å². The zero-order valence-corrected chi connectivity index (χ0v) is 16.0. The van der Waals surface area contributed by atoms with Crippen LogP contribution < -0.4 is 16.2 Å². The van der Waals surface area contributed by atoms with Gasteiger partial charge in [0.15, 0.2) is 14.9 Å². The zero-order valence-electron chi connectivity index (χ0n) is 12.7. The predicted molar refractivity (Wildman–Crippen MR) is 101 cm³/mol. The molecule has 1 saturated heterocycles. The first-order chi connectivity index (χ1) is 11.4. The van der Waals surface area contributed by atoms with Gasteiger partial charge in [0.25, 0.3) is 0 Å². The van der Waals surface area contributed by atoms with Crippen molar-refractivity contribution in [1.82, 2.24) is 16.2 Å². The Hall–Kier alpha value is -1.03. The normalized spacial score (nSPS) is 18.8. The number of hydrogen-bond acceptors (Lipinski definition) is 5. The number of benzene rings is 1. The molecular formula is C14H18ClN3O3S3. The van der Waals surface area contributed by atoms with E-state index in [9.17, 15) is 13.2 Å². The van der Waals surface area contributed by atoms with Gasteiger partial charge in [-0.15, -0.1) is 11.8 Å². The monoisotopic (exact) mass is 407 g/mol. The minimum atomic E-state index is -3.07. The third kappa shape index (κ3) is 6.46. The summed E-state index contributed by atoms with van der Waals surface area (Å²) in [6.45, 7) is 0.618. The van der Waals surface area contributed by atoms with Crippen LogP contribution in [0.4, 0.5) is 0 Å². The summed E-state index contributed by atoms with van der Waals surface area (Å²) in [6, 6.07) is 7.56. The first kappa shape index (κ1) is 19.3. The average molecular weight is 408 g/mol. The molecule has 0 radical (unpaired) electrons. The van der Waals surface area contributed by atoms with Crippen molar-refractivity contribution in [2.45, 2.75) is 11.3 Å². The second-order valence-electron chi connectivity index (χ2n) is 5.27. The molecule has 1 aliphatic rings. The summed E-state index contributed by atoms with van der Waals surface area (Å²) >= 11 is 12.5. The zero-order chi connectivity index (χ0) is 17.6. The fourth-order valence-electron chi connectivity index (χ4n) is 2.13. The number of hydrogen-bond donors (Lipinski definition) is 3. The number of thioether (sulfide) groups is 1. The molecule has 0 spiro atoms. The van der Waals surface area contributed by atoms with Crippen molar-refractivity contribution < 1.29 is 13.2 Å². The molecule has 1 fully saturated rings. The number of halogens is 1. The first-order valence-corrected chi connectivity index (χ1v) is 10.9. The summed E-state index contributed by atoms with van der Waals surface area (Å²) in [5, 5.41) is 3.96. The lowest BCUT2D eigenvalue weighted by Crippen LogP contribution is -2.49. The number of hydrazine groups is 1. The maximum atomic E-state index is 11.8. The Morgan fingerprint density at radius 2 is 2.00 bits per heavy atom. The Balaban J connectivity index is 1.60. The van der Waals surface area contributed by atoms with Crippen molar-refractivity contribution in [3.8, 4) is 0 Å². The Morgan fingerprint density at radius 1 is 1.29 bits per heavy atom. The minimum Gasteiger partial charge on any atom is -0.361 e. The van der Waals surface area contributed by atoms with E-state index in [0.717, 1.165) is 10.6 Å². The van der Waals surface area contributed by atoms with Gasteiger partial charge in [0.2, 0.25) is 5.91 Å². The van der Waals surface area contributed by atoms with Gasteiger partial charge >= 0.3 is 0 Å². The standard InChI is InChI=1S/C14H18ClN3O3S3/c15-11-1-3-12(4-2-11)23-7-6-16-14(22)18-17-13(19)10-5-8-24(20,21)9-10/h1-4,10H,5-9H2,(H,17,19)(H2,16,18,22)/t10-/m0/s1. The summed E-state index contributed by atoms with van der Waals surface area (Å²) in [7, 11) is -3.07. The van der Waals surface area contributed by atoms with Gasteiger partial charge in [-0.05, 0) is 42.9 Å². The molecular weight excluding hydrogens is 390 g/mol. The van der Waals surface area contributed by atoms with Crippen LogP contribution in [-0.2, 0) is 14.6 Å². The smallest absolute Gasteiger partial charge is 0.242 e. The van der Waals surface area contributed by atoms with Crippen LogP contribution in [0.2, 0.25) is 5.02 Å². The molecule has 1 heterocycles. The van der Waals surface area contributed by atoms with Gasteiger partial charge < -0.3 is 5.32 Å². The van der Waals surface area contributed by atoms with Crippen molar-refractivity contribution >= 4 is 56.4 Å². The van der Waals surface area contributed by atoms with E-state index < -0.39 is 15.8 Å². The van der Waals surface area contributed by atoms with Gasteiger partial charge in [0.05, 0.1) is 17.4 Å².